The molecule has 7 nitrogen and oxygen atoms in total. The highest BCUT2D eigenvalue weighted by Gasteiger charge is 2.21. The number of anilines is 2. The lowest BCUT2D eigenvalue weighted by Gasteiger charge is -2.37. The molecule has 192 valence electrons. The second-order valence-corrected chi connectivity index (χ2v) is 9.59. The normalized spacial score (nSPS) is 13.6. The van der Waals surface area contributed by atoms with Gasteiger partial charge in [0.05, 0.1) is 16.4 Å². The lowest BCUT2D eigenvalue weighted by Crippen LogP contribution is -2.48. The largest absolute Gasteiger partial charge is 0.457 e. The van der Waals surface area contributed by atoms with Crippen LogP contribution in [0, 0.1) is 0 Å². The van der Waals surface area contributed by atoms with Crippen LogP contribution in [-0.4, -0.2) is 48.0 Å². The summed E-state index contributed by atoms with van der Waals surface area (Å²) >= 11 is 17.6. The number of carbonyl (C=O) groups excluding carboxylic acids is 2. The molecule has 0 atom stereocenters. The summed E-state index contributed by atoms with van der Waals surface area (Å²) in [6.07, 6.45) is 3.41. The number of piperazine rings is 1. The molecule has 1 aromatic heterocycles. The summed E-state index contributed by atoms with van der Waals surface area (Å²) in [5.74, 6) is 0.822. The minimum atomic E-state index is -0.399. The molecule has 2 aromatic carbocycles. The van der Waals surface area contributed by atoms with Crippen LogP contribution in [0.2, 0.25) is 10.0 Å². The van der Waals surface area contributed by atoms with E-state index in [2.05, 4.69) is 15.5 Å². The standard InChI is InChI=1S/C27H26Cl2N4O3S/c1-2-26(35)33-15-13-32(14-16-33)23-6-4-3-5-22(23)30-27(37)31-25(34)12-9-19-8-11-24(36-19)20-10-7-18(28)17-21(20)29/h3-12,17H,2,13-16H2,1H3,(H2,30,31,34,37)/b12-9+. The average Bonchev–Trinajstić information content (AvgIpc) is 3.36. The van der Waals surface area contributed by atoms with Crippen molar-refractivity contribution in [3.63, 3.8) is 0 Å². The molecule has 1 saturated heterocycles. The highest BCUT2D eigenvalue weighted by molar-refractivity contribution is 7.80. The molecule has 0 unspecified atom stereocenters. The van der Waals surface area contributed by atoms with E-state index >= 15 is 0 Å². The van der Waals surface area contributed by atoms with Gasteiger partial charge < -0.3 is 19.5 Å². The summed E-state index contributed by atoms with van der Waals surface area (Å²) in [6.45, 7) is 4.66. The van der Waals surface area contributed by atoms with Gasteiger partial charge in [-0.25, -0.2) is 0 Å². The zero-order valence-electron chi connectivity index (χ0n) is 20.2. The van der Waals surface area contributed by atoms with Crippen molar-refractivity contribution >= 4 is 69.8 Å². The van der Waals surface area contributed by atoms with E-state index in [0.717, 1.165) is 24.5 Å². The molecule has 2 amide bonds. The number of rotatable bonds is 6. The Balaban J connectivity index is 1.34. The SMILES string of the molecule is CCC(=O)N1CCN(c2ccccc2NC(=S)NC(=O)/C=C/c2ccc(-c3ccc(Cl)cc3Cl)o2)CC1. The van der Waals surface area contributed by atoms with E-state index in [-0.39, 0.29) is 11.0 Å². The second-order valence-electron chi connectivity index (χ2n) is 8.34. The number of hydrogen-bond acceptors (Lipinski definition) is 5. The maximum atomic E-state index is 12.4. The van der Waals surface area contributed by atoms with Crippen LogP contribution in [0.25, 0.3) is 17.4 Å². The smallest absolute Gasteiger partial charge is 0.250 e. The summed E-state index contributed by atoms with van der Waals surface area (Å²) in [7, 11) is 0. The minimum absolute atomic E-state index is 0.169. The van der Waals surface area contributed by atoms with Crippen molar-refractivity contribution in [2.75, 3.05) is 36.4 Å². The summed E-state index contributed by atoms with van der Waals surface area (Å²) in [5.41, 5.74) is 2.45. The predicted molar refractivity (Wildman–Crippen MR) is 153 cm³/mol. The topological polar surface area (TPSA) is 77.8 Å². The third-order valence-electron chi connectivity index (χ3n) is 5.89. The van der Waals surface area contributed by atoms with Gasteiger partial charge in [0, 0.05) is 49.3 Å². The number of nitrogens with one attached hydrogen (secondary N) is 2. The molecule has 10 heteroatoms. The first-order valence-corrected chi connectivity index (χ1v) is 13.0. The third kappa shape index (κ3) is 6.91. The number of carbonyl (C=O) groups is 2. The summed E-state index contributed by atoms with van der Waals surface area (Å²) < 4.78 is 5.78. The number of nitrogens with zero attached hydrogens (tertiary/aromatic N) is 2. The Labute approximate surface area is 231 Å². The van der Waals surface area contributed by atoms with Gasteiger partial charge in [-0.1, -0.05) is 42.3 Å². The van der Waals surface area contributed by atoms with E-state index in [1.165, 1.54) is 6.08 Å². The molecule has 1 fully saturated rings. The molecular formula is C27H26Cl2N4O3S. The first-order chi connectivity index (χ1) is 17.8. The van der Waals surface area contributed by atoms with E-state index in [1.807, 2.05) is 36.1 Å². The summed E-state index contributed by atoms with van der Waals surface area (Å²) in [5, 5.41) is 6.96. The van der Waals surface area contributed by atoms with Crippen LogP contribution < -0.4 is 15.5 Å². The Morgan fingerprint density at radius 2 is 1.81 bits per heavy atom. The van der Waals surface area contributed by atoms with Crippen molar-refractivity contribution in [2.24, 2.45) is 0 Å². The van der Waals surface area contributed by atoms with Gasteiger partial charge in [0.1, 0.15) is 11.5 Å². The summed E-state index contributed by atoms with van der Waals surface area (Å²) in [6, 6.07) is 16.4. The zero-order chi connectivity index (χ0) is 26.4. The van der Waals surface area contributed by atoms with Gasteiger partial charge in [-0.15, -0.1) is 0 Å². The molecule has 2 heterocycles. The number of furan rings is 1. The Hall–Kier alpha value is -3.33. The third-order valence-corrected chi connectivity index (χ3v) is 6.64. The minimum Gasteiger partial charge on any atom is -0.457 e. The van der Waals surface area contributed by atoms with Crippen molar-refractivity contribution in [2.45, 2.75) is 13.3 Å². The zero-order valence-corrected chi connectivity index (χ0v) is 22.5. The number of para-hydroxylation sites is 2. The van der Waals surface area contributed by atoms with Crippen LogP contribution in [0.15, 0.2) is 65.1 Å². The van der Waals surface area contributed by atoms with Crippen LogP contribution in [-0.2, 0) is 9.59 Å². The van der Waals surface area contributed by atoms with Crippen LogP contribution >= 0.6 is 35.4 Å². The van der Waals surface area contributed by atoms with Crippen molar-refractivity contribution in [3.05, 3.63) is 76.5 Å². The molecule has 1 aliphatic rings. The van der Waals surface area contributed by atoms with Crippen LogP contribution in [0.1, 0.15) is 19.1 Å². The van der Waals surface area contributed by atoms with E-state index in [4.69, 9.17) is 39.8 Å². The molecule has 0 saturated carbocycles. The lowest BCUT2D eigenvalue weighted by molar-refractivity contribution is -0.131. The molecule has 4 rings (SSSR count). The quantitative estimate of drug-likeness (QED) is 0.293. The number of thiocarbonyl (C=S) groups is 1. The number of benzene rings is 2. The van der Waals surface area contributed by atoms with Gasteiger partial charge in [0.15, 0.2) is 5.11 Å². The van der Waals surface area contributed by atoms with E-state index in [9.17, 15) is 9.59 Å². The molecule has 0 aliphatic carbocycles. The highest BCUT2D eigenvalue weighted by Crippen LogP contribution is 2.32. The van der Waals surface area contributed by atoms with Crippen molar-refractivity contribution < 1.29 is 14.0 Å². The molecule has 0 radical (unpaired) electrons. The second kappa shape index (κ2) is 12.3. The van der Waals surface area contributed by atoms with Crippen LogP contribution in [0.5, 0.6) is 0 Å². The van der Waals surface area contributed by atoms with Gasteiger partial charge in [-0.05, 0) is 60.8 Å². The van der Waals surface area contributed by atoms with Crippen LogP contribution in [0.4, 0.5) is 11.4 Å². The first-order valence-electron chi connectivity index (χ1n) is 11.8. The monoisotopic (exact) mass is 556 g/mol. The highest BCUT2D eigenvalue weighted by atomic mass is 35.5. The van der Waals surface area contributed by atoms with Crippen LogP contribution in [0.3, 0.4) is 0 Å². The van der Waals surface area contributed by atoms with Gasteiger partial charge in [-0.3, -0.25) is 14.9 Å². The number of hydrogen-bond donors (Lipinski definition) is 2. The molecule has 37 heavy (non-hydrogen) atoms. The van der Waals surface area contributed by atoms with Gasteiger partial charge >= 0.3 is 0 Å². The molecule has 0 spiro atoms. The Kier molecular flexibility index (Phi) is 8.87. The van der Waals surface area contributed by atoms with E-state index in [1.54, 1.807) is 36.4 Å². The molecule has 3 aromatic rings. The fourth-order valence-corrected chi connectivity index (χ4v) is 4.73. The Bertz CT molecular complexity index is 1330. The maximum absolute atomic E-state index is 12.4. The van der Waals surface area contributed by atoms with Gasteiger partial charge in [0.2, 0.25) is 11.8 Å². The van der Waals surface area contributed by atoms with Crippen molar-refractivity contribution in [1.82, 2.24) is 10.2 Å². The molecule has 0 bridgehead atoms. The first kappa shape index (κ1) is 26.7. The van der Waals surface area contributed by atoms with Gasteiger partial charge in [-0.2, -0.15) is 0 Å². The molecule has 2 N–H and O–H groups in total. The molecular weight excluding hydrogens is 531 g/mol. The Morgan fingerprint density at radius 3 is 2.54 bits per heavy atom. The van der Waals surface area contributed by atoms with Gasteiger partial charge in [0.25, 0.3) is 0 Å². The Morgan fingerprint density at radius 1 is 1.05 bits per heavy atom. The average molecular weight is 558 g/mol. The maximum Gasteiger partial charge on any atom is 0.250 e. The predicted octanol–water partition coefficient (Wildman–Crippen LogP) is 5.84. The van der Waals surface area contributed by atoms with E-state index < -0.39 is 5.91 Å². The molecule has 1 aliphatic heterocycles. The van der Waals surface area contributed by atoms with Crippen molar-refractivity contribution in [3.8, 4) is 11.3 Å². The van der Waals surface area contributed by atoms with Crippen molar-refractivity contribution in [1.29, 1.82) is 0 Å². The summed E-state index contributed by atoms with van der Waals surface area (Å²) in [4.78, 5) is 28.5. The fourth-order valence-electron chi connectivity index (χ4n) is 4.02. The lowest BCUT2D eigenvalue weighted by atomic mass is 10.2. The fraction of sp³-hybridized carbons (Fsp3) is 0.222. The number of amides is 2. The number of halogens is 2. The van der Waals surface area contributed by atoms with E-state index in [0.29, 0.717) is 46.6 Å².